The molecule has 9 nitrogen and oxygen atoms in total. The highest BCUT2D eigenvalue weighted by Crippen LogP contribution is 2.38. The van der Waals surface area contributed by atoms with Crippen LogP contribution in [0.5, 0.6) is 0 Å². The Hall–Kier alpha value is -1.77. The molecule has 0 N–H and O–H groups in total. The fourth-order valence-electron chi connectivity index (χ4n) is 7.31. The number of carbonyl (C=O) groups is 2. The summed E-state index contributed by atoms with van der Waals surface area (Å²) in [5, 5.41) is 0. The van der Waals surface area contributed by atoms with Crippen LogP contribution in [0.1, 0.15) is 239 Å². The van der Waals surface area contributed by atoms with Gasteiger partial charge in [0.05, 0.1) is 27.7 Å². The lowest BCUT2D eigenvalue weighted by Crippen LogP contribution is -2.37. The van der Waals surface area contributed by atoms with Crippen LogP contribution in [-0.2, 0) is 32.7 Å². The Morgan fingerprint density at radius 3 is 1.30 bits per heavy atom. The van der Waals surface area contributed by atoms with Crippen LogP contribution in [0.2, 0.25) is 0 Å². The minimum atomic E-state index is -4.63. The largest absolute Gasteiger partial charge is 0.756 e. The van der Waals surface area contributed by atoms with Crippen LogP contribution in [0.3, 0.4) is 0 Å². The van der Waals surface area contributed by atoms with E-state index in [1.54, 1.807) is 0 Å². The van der Waals surface area contributed by atoms with Gasteiger partial charge in [0, 0.05) is 12.8 Å². The summed E-state index contributed by atoms with van der Waals surface area (Å²) in [7, 11) is 1.16. The van der Waals surface area contributed by atoms with Crippen molar-refractivity contribution in [2.24, 2.45) is 0 Å². The van der Waals surface area contributed by atoms with Crippen molar-refractivity contribution in [2.45, 2.75) is 245 Å². The Kier molecular flexibility index (Phi) is 44.1. The molecular formula is C53H100NO8P. The Morgan fingerprint density at radius 1 is 0.492 bits per heavy atom. The second-order valence-electron chi connectivity index (χ2n) is 18.9. The van der Waals surface area contributed by atoms with E-state index in [0.29, 0.717) is 23.9 Å². The van der Waals surface area contributed by atoms with Crippen LogP contribution < -0.4 is 4.89 Å². The molecule has 0 spiro atoms. The van der Waals surface area contributed by atoms with Gasteiger partial charge in [0.15, 0.2) is 6.10 Å². The highest BCUT2D eigenvalue weighted by atomic mass is 31.2. The number of nitrogens with zero attached hydrogens (tertiary/aromatic N) is 1. The van der Waals surface area contributed by atoms with Crippen molar-refractivity contribution in [1.82, 2.24) is 0 Å². The zero-order chi connectivity index (χ0) is 46.4. The number of ether oxygens (including phenoxy) is 2. The van der Waals surface area contributed by atoms with Gasteiger partial charge in [-0.2, -0.15) is 0 Å². The standard InChI is InChI=1S/C53H100NO8P/c1-6-8-10-12-14-16-18-20-22-24-25-26-27-28-30-32-34-36-38-40-42-44-46-53(56)62-51(50-61-63(57,58)60-48-47-54(3,4)5)49-59-52(55)45-43-41-39-37-35-33-31-29-23-21-19-17-15-13-11-9-7-2/h15,17,21,23,31,33,51H,6-14,16,18-20,22,24-30,32,34-50H2,1-5H3/b17-15+,23-21+,33-31+/t51-/m1/s1. The van der Waals surface area contributed by atoms with E-state index >= 15 is 0 Å². The first kappa shape index (κ1) is 61.2. The Bertz CT molecular complexity index is 1170. The molecule has 0 bridgehead atoms. The molecule has 0 heterocycles. The van der Waals surface area contributed by atoms with Gasteiger partial charge >= 0.3 is 11.9 Å². The molecule has 370 valence electrons. The topological polar surface area (TPSA) is 111 Å². The zero-order valence-electron chi connectivity index (χ0n) is 41.8. The molecule has 0 aromatic carbocycles. The molecule has 0 aromatic heterocycles. The molecule has 63 heavy (non-hydrogen) atoms. The van der Waals surface area contributed by atoms with Crippen molar-refractivity contribution < 1.29 is 42.1 Å². The second kappa shape index (κ2) is 45.4. The average molecular weight is 910 g/mol. The molecule has 0 saturated carbocycles. The Labute approximate surface area is 389 Å². The summed E-state index contributed by atoms with van der Waals surface area (Å²) in [6.45, 7) is 4.21. The molecule has 0 aliphatic rings. The van der Waals surface area contributed by atoms with Gasteiger partial charge < -0.3 is 27.9 Å². The predicted molar refractivity (Wildman–Crippen MR) is 264 cm³/mol. The van der Waals surface area contributed by atoms with Gasteiger partial charge in [-0.1, -0.05) is 211 Å². The van der Waals surface area contributed by atoms with Gasteiger partial charge in [-0.15, -0.1) is 0 Å². The predicted octanol–water partition coefficient (Wildman–Crippen LogP) is 15.0. The SMILES string of the molecule is CCCCC/C=C/C/C=C/C/C=C/CCCCCCC(=O)OC[C@H](COP(=O)([O-])OCC[N+](C)(C)C)OC(=O)CCCCCCCCCCCCCCCCCCCCCCCC. The third-order valence-electron chi connectivity index (χ3n) is 11.4. The number of likely N-dealkylation sites (N-methyl/N-ethyl adjacent to an activating group) is 1. The number of carbonyl (C=O) groups excluding carboxylic acids is 2. The summed E-state index contributed by atoms with van der Waals surface area (Å²) >= 11 is 0. The number of rotatable bonds is 48. The summed E-state index contributed by atoms with van der Waals surface area (Å²) in [5.74, 6) is -0.850. The third-order valence-corrected chi connectivity index (χ3v) is 12.4. The van der Waals surface area contributed by atoms with Gasteiger partial charge in [-0.05, 0) is 51.4 Å². The second-order valence-corrected chi connectivity index (χ2v) is 20.3. The van der Waals surface area contributed by atoms with Gasteiger partial charge in [-0.3, -0.25) is 14.2 Å². The van der Waals surface area contributed by atoms with Gasteiger partial charge in [0.25, 0.3) is 7.82 Å². The Morgan fingerprint density at radius 2 is 0.857 bits per heavy atom. The van der Waals surface area contributed by atoms with Crippen LogP contribution in [0, 0.1) is 0 Å². The molecule has 0 aromatic rings. The number of phosphoric acid groups is 1. The zero-order valence-corrected chi connectivity index (χ0v) is 42.7. The molecule has 0 aliphatic heterocycles. The number of quaternary nitrogens is 1. The highest BCUT2D eigenvalue weighted by Gasteiger charge is 2.21. The highest BCUT2D eigenvalue weighted by molar-refractivity contribution is 7.45. The quantitative estimate of drug-likeness (QED) is 0.0195. The molecule has 2 atom stereocenters. The first-order valence-corrected chi connectivity index (χ1v) is 27.7. The summed E-state index contributed by atoms with van der Waals surface area (Å²) in [5.41, 5.74) is 0. The maximum atomic E-state index is 12.8. The van der Waals surface area contributed by atoms with E-state index in [1.807, 2.05) is 21.1 Å². The number of unbranched alkanes of at least 4 members (excludes halogenated alkanes) is 28. The number of phosphoric ester groups is 1. The monoisotopic (exact) mass is 910 g/mol. The lowest BCUT2D eigenvalue weighted by molar-refractivity contribution is -0.870. The van der Waals surface area contributed by atoms with E-state index < -0.39 is 32.5 Å². The van der Waals surface area contributed by atoms with E-state index in [9.17, 15) is 19.0 Å². The van der Waals surface area contributed by atoms with E-state index in [4.69, 9.17) is 18.5 Å². The molecule has 0 radical (unpaired) electrons. The van der Waals surface area contributed by atoms with Crippen molar-refractivity contribution in [3.63, 3.8) is 0 Å². The Balaban J connectivity index is 4.24. The third kappa shape index (κ3) is 49.5. The molecule has 0 amide bonds. The minimum Gasteiger partial charge on any atom is -0.756 e. The van der Waals surface area contributed by atoms with E-state index in [0.717, 1.165) is 51.4 Å². The van der Waals surface area contributed by atoms with E-state index in [-0.39, 0.29) is 26.1 Å². The van der Waals surface area contributed by atoms with Gasteiger partial charge in [0.1, 0.15) is 19.8 Å². The molecule has 0 saturated heterocycles. The lowest BCUT2D eigenvalue weighted by Gasteiger charge is -2.28. The number of esters is 2. The summed E-state index contributed by atoms with van der Waals surface area (Å²) in [4.78, 5) is 37.7. The number of hydrogen-bond donors (Lipinski definition) is 0. The van der Waals surface area contributed by atoms with Crippen LogP contribution in [0.4, 0.5) is 0 Å². The first-order chi connectivity index (χ1) is 30.5. The molecule has 0 aliphatic carbocycles. The number of hydrogen-bond acceptors (Lipinski definition) is 8. The molecule has 0 rings (SSSR count). The summed E-state index contributed by atoms with van der Waals surface area (Å²) in [6.07, 6.45) is 53.2. The fourth-order valence-corrected chi connectivity index (χ4v) is 8.04. The van der Waals surface area contributed by atoms with Gasteiger partial charge in [-0.25, -0.2) is 0 Å². The average Bonchev–Trinajstić information content (AvgIpc) is 3.24. The normalized spacial score (nSPS) is 13.7. The molecule has 1 unspecified atom stereocenters. The number of allylic oxidation sites excluding steroid dienone is 6. The van der Waals surface area contributed by atoms with Crippen LogP contribution in [-0.4, -0.2) is 70.0 Å². The van der Waals surface area contributed by atoms with Crippen LogP contribution in [0.15, 0.2) is 36.5 Å². The summed E-state index contributed by atoms with van der Waals surface area (Å²) in [6, 6.07) is 0. The van der Waals surface area contributed by atoms with Crippen LogP contribution >= 0.6 is 7.82 Å². The lowest BCUT2D eigenvalue weighted by atomic mass is 10.0. The molecular weight excluding hydrogens is 810 g/mol. The first-order valence-electron chi connectivity index (χ1n) is 26.2. The van der Waals surface area contributed by atoms with Gasteiger partial charge in [0.2, 0.25) is 0 Å². The van der Waals surface area contributed by atoms with Crippen LogP contribution in [0.25, 0.3) is 0 Å². The molecule has 0 fully saturated rings. The van der Waals surface area contributed by atoms with Crippen molar-refractivity contribution in [2.75, 3.05) is 47.5 Å². The van der Waals surface area contributed by atoms with E-state index in [1.165, 1.54) is 148 Å². The van der Waals surface area contributed by atoms with Crippen molar-refractivity contribution in [1.29, 1.82) is 0 Å². The molecule has 10 heteroatoms. The van der Waals surface area contributed by atoms with Crippen molar-refractivity contribution in [3.8, 4) is 0 Å². The maximum absolute atomic E-state index is 12.8. The van der Waals surface area contributed by atoms with Crippen molar-refractivity contribution in [3.05, 3.63) is 36.5 Å². The fraction of sp³-hybridized carbons (Fsp3) is 0.849. The maximum Gasteiger partial charge on any atom is 0.306 e. The van der Waals surface area contributed by atoms with E-state index in [2.05, 4.69) is 50.3 Å². The van der Waals surface area contributed by atoms with Crippen molar-refractivity contribution >= 4 is 19.8 Å². The minimum absolute atomic E-state index is 0.0335. The smallest absolute Gasteiger partial charge is 0.306 e. The summed E-state index contributed by atoms with van der Waals surface area (Å²) < 4.78 is 34.0.